The summed E-state index contributed by atoms with van der Waals surface area (Å²) in [6.07, 6.45) is 0. The maximum atomic E-state index is 12.0. The van der Waals surface area contributed by atoms with Crippen molar-refractivity contribution < 1.29 is 9.53 Å². The monoisotopic (exact) mass is 363 g/mol. The second kappa shape index (κ2) is 7.13. The Labute approximate surface area is 147 Å². The van der Waals surface area contributed by atoms with Crippen LogP contribution in [0.5, 0.6) is 0 Å². The van der Waals surface area contributed by atoms with Gasteiger partial charge in [-0.25, -0.2) is 9.78 Å². The minimum absolute atomic E-state index is 0.114. The van der Waals surface area contributed by atoms with Gasteiger partial charge in [-0.2, -0.15) is 0 Å². The molecule has 0 saturated carbocycles. The summed E-state index contributed by atoms with van der Waals surface area (Å²) in [6, 6.07) is 14.5. The van der Waals surface area contributed by atoms with Crippen LogP contribution in [0.3, 0.4) is 0 Å². The summed E-state index contributed by atoms with van der Waals surface area (Å²) in [7, 11) is 0. The lowest BCUT2D eigenvalue weighted by Crippen LogP contribution is -2.05. The van der Waals surface area contributed by atoms with Crippen molar-refractivity contribution in [3.05, 3.63) is 75.2 Å². The summed E-state index contributed by atoms with van der Waals surface area (Å²) >= 11 is 13.2. The van der Waals surface area contributed by atoms with E-state index < -0.39 is 5.97 Å². The number of hydrogen-bond donors (Lipinski definition) is 0. The van der Waals surface area contributed by atoms with Crippen LogP contribution in [-0.4, -0.2) is 11.0 Å². The van der Waals surface area contributed by atoms with Crippen LogP contribution in [0.4, 0.5) is 0 Å². The van der Waals surface area contributed by atoms with Gasteiger partial charge in [0.05, 0.1) is 21.3 Å². The highest BCUT2D eigenvalue weighted by molar-refractivity contribution is 7.13. The predicted octanol–water partition coefficient (Wildman–Crippen LogP) is 5.47. The molecule has 0 atom stereocenters. The van der Waals surface area contributed by atoms with Crippen LogP contribution in [0.2, 0.25) is 10.0 Å². The van der Waals surface area contributed by atoms with Crippen molar-refractivity contribution >= 4 is 40.5 Å². The molecular formula is C17H11Cl2NO2S. The molecule has 0 radical (unpaired) electrons. The number of ether oxygens (including phenoxy) is 1. The first kappa shape index (κ1) is 16.0. The van der Waals surface area contributed by atoms with Crippen molar-refractivity contribution in [1.29, 1.82) is 0 Å². The fraction of sp³-hybridized carbons (Fsp3) is 0.0588. The largest absolute Gasteiger partial charge is 0.456 e. The average molecular weight is 364 g/mol. The number of aromatic nitrogens is 1. The first-order valence-electron chi connectivity index (χ1n) is 6.75. The molecule has 0 aliphatic rings. The van der Waals surface area contributed by atoms with E-state index in [0.29, 0.717) is 21.3 Å². The molecule has 6 heteroatoms. The second-order valence-corrected chi connectivity index (χ2v) is 6.39. The highest BCUT2D eigenvalue weighted by atomic mass is 35.5. The molecule has 1 heterocycles. The van der Waals surface area contributed by atoms with Crippen LogP contribution in [0.25, 0.3) is 10.6 Å². The van der Waals surface area contributed by atoms with Crippen LogP contribution in [0, 0.1) is 0 Å². The number of carbonyl (C=O) groups is 1. The minimum atomic E-state index is -0.460. The molecule has 2 aromatic carbocycles. The van der Waals surface area contributed by atoms with Crippen LogP contribution in [0.15, 0.2) is 53.9 Å². The smallest absolute Gasteiger partial charge is 0.338 e. The highest BCUT2D eigenvalue weighted by Gasteiger charge is 2.11. The summed E-state index contributed by atoms with van der Waals surface area (Å²) < 4.78 is 5.26. The molecular weight excluding hydrogens is 353 g/mol. The number of hydrogen-bond acceptors (Lipinski definition) is 4. The van der Waals surface area contributed by atoms with Crippen LogP contribution in [-0.2, 0) is 11.3 Å². The third kappa shape index (κ3) is 3.91. The van der Waals surface area contributed by atoms with Gasteiger partial charge in [0, 0.05) is 10.9 Å². The molecule has 0 aliphatic carbocycles. The lowest BCUT2D eigenvalue weighted by atomic mass is 10.2. The van der Waals surface area contributed by atoms with E-state index in [-0.39, 0.29) is 6.61 Å². The van der Waals surface area contributed by atoms with Crippen molar-refractivity contribution in [2.75, 3.05) is 0 Å². The quantitative estimate of drug-likeness (QED) is 0.576. The maximum Gasteiger partial charge on any atom is 0.338 e. The summed E-state index contributed by atoms with van der Waals surface area (Å²) in [5, 5.41) is 3.49. The molecule has 0 spiro atoms. The van der Waals surface area contributed by atoms with Crippen molar-refractivity contribution in [3.8, 4) is 10.6 Å². The second-order valence-electron chi connectivity index (χ2n) is 4.72. The molecule has 0 bridgehead atoms. The number of nitrogens with zero attached hydrogens (tertiary/aromatic N) is 1. The van der Waals surface area contributed by atoms with E-state index >= 15 is 0 Å². The van der Waals surface area contributed by atoms with Gasteiger partial charge in [0.1, 0.15) is 11.6 Å². The third-order valence-electron chi connectivity index (χ3n) is 3.08. The van der Waals surface area contributed by atoms with E-state index in [1.54, 1.807) is 12.1 Å². The maximum absolute atomic E-state index is 12.0. The molecule has 0 unspecified atom stereocenters. The summed E-state index contributed by atoms with van der Waals surface area (Å²) in [6.45, 7) is 0.114. The van der Waals surface area contributed by atoms with E-state index in [9.17, 15) is 4.79 Å². The first-order chi connectivity index (χ1) is 11.1. The molecule has 23 heavy (non-hydrogen) atoms. The van der Waals surface area contributed by atoms with Crippen molar-refractivity contribution in [2.24, 2.45) is 0 Å². The molecule has 3 rings (SSSR count). The zero-order valence-corrected chi connectivity index (χ0v) is 14.2. The average Bonchev–Trinajstić information content (AvgIpc) is 3.05. The topological polar surface area (TPSA) is 39.2 Å². The Morgan fingerprint density at radius 3 is 2.61 bits per heavy atom. The van der Waals surface area contributed by atoms with Gasteiger partial charge in [0.25, 0.3) is 0 Å². The lowest BCUT2D eigenvalue weighted by molar-refractivity contribution is 0.0468. The predicted molar refractivity (Wildman–Crippen MR) is 93.1 cm³/mol. The molecule has 0 saturated heterocycles. The number of esters is 1. The number of halogens is 2. The summed E-state index contributed by atoms with van der Waals surface area (Å²) in [4.78, 5) is 16.5. The Kier molecular flexibility index (Phi) is 4.96. The van der Waals surface area contributed by atoms with Crippen LogP contribution in [0.1, 0.15) is 16.1 Å². The molecule has 0 fully saturated rings. The SMILES string of the molecule is O=C(OCc1csc(-c2ccccc2)n1)c1ccc(Cl)c(Cl)c1. The van der Waals surface area contributed by atoms with E-state index in [4.69, 9.17) is 27.9 Å². The van der Waals surface area contributed by atoms with Gasteiger partial charge in [-0.15, -0.1) is 11.3 Å². The number of carbonyl (C=O) groups excluding carboxylic acids is 1. The standard InChI is InChI=1S/C17H11Cl2NO2S/c18-14-7-6-12(8-15(14)19)17(21)22-9-13-10-23-16(20-13)11-4-2-1-3-5-11/h1-8,10H,9H2. The normalized spacial score (nSPS) is 10.5. The van der Waals surface area contributed by atoms with Crippen molar-refractivity contribution in [2.45, 2.75) is 6.61 Å². The Hall–Kier alpha value is -1.88. The van der Waals surface area contributed by atoms with Gasteiger partial charge in [-0.3, -0.25) is 0 Å². The highest BCUT2D eigenvalue weighted by Crippen LogP contribution is 2.25. The Balaban J connectivity index is 1.65. The zero-order chi connectivity index (χ0) is 16.2. The first-order valence-corrected chi connectivity index (χ1v) is 8.39. The summed E-state index contributed by atoms with van der Waals surface area (Å²) in [5.74, 6) is -0.460. The number of benzene rings is 2. The van der Waals surface area contributed by atoms with Crippen LogP contribution >= 0.6 is 34.5 Å². The van der Waals surface area contributed by atoms with Gasteiger partial charge in [-0.05, 0) is 18.2 Å². The fourth-order valence-corrected chi connectivity index (χ4v) is 3.04. The van der Waals surface area contributed by atoms with E-state index in [0.717, 1.165) is 10.6 Å². The minimum Gasteiger partial charge on any atom is -0.456 e. The number of thiazole rings is 1. The van der Waals surface area contributed by atoms with Gasteiger partial charge in [0.15, 0.2) is 0 Å². The molecule has 0 amide bonds. The molecule has 0 N–H and O–H groups in total. The molecule has 1 aromatic heterocycles. The van der Waals surface area contributed by atoms with Gasteiger partial charge < -0.3 is 4.74 Å². The fourth-order valence-electron chi connectivity index (χ4n) is 1.93. The molecule has 0 aliphatic heterocycles. The van der Waals surface area contributed by atoms with Gasteiger partial charge in [-0.1, -0.05) is 53.5 Å². The van der Waals surface area contributed by atoms with E-state index in [1.165, 1.54) is 17.4 Å². The molecule has 3 nitrogen and oxygen atoms in total. The lowest BCUT2D eigenvalue weighted by Gasteiger charge is -2.04. The van der Waals surface area contributed by atoms with E-state index in [1.807, 2.05) is 35.7 Å². The Morgan fingerprint density at radius 2 is 1.87 bits per heavy atom. The Bertz CT molecular complexity index is 834. The molecule has 3 aromatic rings. The van der Waals surface area contributed by atoms with Crippen LogP contribution < -0.4 is 0 Å². The zero-order valence-electron chi connectivity index (χ0n) is 11.8. The third-order valence-corrected chi connectivity index (χ3v) is 4.76. The van der Waals surface area contributed by atoms with Crippen molar-refractivity contribution in [3.63, 3.8) is 0 Å². The Morgan fingerprint density at radius 1 is 1.09 bits per heavy atom. The number of rotatable bonds is 4. The summed E-state index contributed by atoms with van der Waals surface area (Å²) in [5.41, 5.74) is 2.11. The van der Waals surface area contributed by atoms with E-state index in [2.05, 4.69) is 4.98 Å². The molecule has 116 valence electrons. The van der Waals surface area contributed by atoms with Gasteiger partial charge >= 0.3 is 5.97 Å². The van der Waals surface area contributed by atoms with Gasteiger partial charge in [0.2, 0.25) is 0 Å². The van der Waals surface area contributed by atoms with Crippen molar-refractivity contribution in [1.82, 2.24) is 4.98 Å².